The van der Waals surface area contributed by atoms with Crippen LogP contribution in [0.3, 0.4) is 0 Å². The fourth-order valence-electron chi connectivity index (χ4n) is 1.29. The number of benzene rings is 1. The zero-order valence-corrected chi connectivity index (χ0v) is 9.44. The molecule has 0 saturated carbocycles. The van der Waals surface area contributed by atoms with Gasteiger partial charge in [-0.05, 0) is 17.7 Å². The van der Waals surface area contributed by atoms with Gasteiger partial charge in [-0.25, -0.2) is 0 Å². The predicted octanol–water partition coefficient (Wildman–Crippen LogP) is 2.08. The van der Waals surface area contributed by atoms with Crippen molar-refractivity contribution in [3.63, 3.8) is 0 Å². The van der Waals surface area contributed by atoms with Crippen LogP contribution >= 0.6 is 0 Å². The third-order valence-electron chi connectivity index (χ3n) is 2.03. The summed E-state index contributed by atoms with van der Waals surface area (Å²) in [7, 11) is 6.64. The molecule has 0 aliphatic heterocycles. The highest BCUT2D eigenvalue weighted by Gasteiger charge is 2.01. The van der Waals surface area contributed by atoms with Crippen LogP contribution in [0.15, 0.2) is 23.2 Å². The fourth-order valence-corrected chi connectivity index (χ4v) is 1.29. The first-order chi connectivity index (χ1) is 7.24. The summed E-state index contributed by atoms with van der Waals surface area (Å²) in [6, 6.07) is 5.56. The lowest BCUT2D eigenvalue weighted by Crippen LogP contribution is -1.99. The average molecular weight is 207 g/mol. The minimum absolute atomic E-state index is 0.673. The summed E-state index contributed by atoms with van der Waals surface area (Å²) in [5.74, 6) is 2.13. The van der Waals surface area contributed by atoms with E-state index >= 15 is 0 Å². The van der Waals surface area contributed by atoms with Crippen molar-refractivity contribution in [2.75, 3.05) is 28.3 Å². The maximum Gasteiger partial charge on any atom is 0.123 e. The molecule has 0 unspecified atom stereocenters. The van der Waals surface area contributed by atoms with Gasteiger partial charge in [0.15, 0.2) is 0 Å². The number of nitrogens with zero attached hydrogens (tertiary/aromatic N) is 2. The largest absolute Gasteiger partial charge is 0.497 e. The number of hydrogen-bond donors (Lipinski definition) is 0. The minimum Gasteiger partial charge on any atom is -0.497 e. The third-order valence-corrected chi connectivity index (χ3v) is 2.03. The van der Waals surface area contributed by atoms with Crippen LogP contribution in [0.5, 0.6) is 11.5 Å². The summed E-state index contributed by atoms with van der Waals surface area (Å²) in [4.78, 5) is 4.07. The maximum atomic E-state index is 5.16. The summed E-state index contributed by atoms with van der Waals surface area (Å²) >= 11 is 0. The van der Waals surface area contributed by atoms with Crippen molar-refractivity contribution in [1.82, 2.24) is 0 Å². The Morgan fingerprint density at radius 3 is 2.00 bits per heavy atom. The summed E-state index contributed by atoms with van der Waals surface area (Å²) < 4.78 is 10.3. The molecular formula is C11H15N2O2-. The highest BCUT2D eigenvalue weighted by Crippen LogP contribution is 2.23. The molecule has 0 N–H and O–H groups in total. The smallest absolute Gasteiger partial charge is 0.123 e. The molecule has 0 heterocycles. The quantitative estimate of drug-likeness (QED) is 0.562. The van der Waals surface area contributed by atoms with Crippen LogP contribution in [0.25, 0.3) is 5.32 Å². The maximum absolute atomic E-state index is 5.16. The van der Waals surface area contributed by atoms with Gasteiger partial charge in [0.2, 0.25) is 0 Å². The SMILES string of the molecule is CN=C([N-]C)c1cc(OC)cc(OC)c1. The van der Waals surface area contributed by atoms with Crippen molar-refractivity contribution in [2.24, 2.45) is 4.99 Å². The second-order valence-electron chi connectivity index (χ2n) is 2.87. The van der Waals surface area contributed by atoms with Crippen molar-refractivity contribution >= 4 is 5.84 Å². The van der Waals surface area contributed by atoms with Crippen LogP contribution in [0.2, 0.25) is 0 Å². The molecule has 0 radical (unpaired) electrons. The molecule has 15 heavy (non-hydrogen) atoms. The van der Waals surface area contributed by atoms with Gasteiger partial charge in [0.25, 0.3) is 0 Å². The number of methoxy groups -OCH3 is 2. The Kier molecular flexibility index (Phi) is 3.97. The van der Waals surface area contributed by atoms with Crippen molar-refractivity contribution in [3.05, 3.63) is 29.1 Å². The monoisotopic (exact) mass is 207 g/mol. The van der Waals surface area contributed by atoms with Crippen LogP contribution in [-0.4, -0.2) is 34.2 Å². The van der Waals surface area contributed by atoms with Crippen LogP contribution in [0.1, 0.15) is 5.56 Å². The Labute approximate surface area is 89.9 Å². The van der Waals surface area contributed by atoms with Crippen molar-refractivity contribution in [3.8, 4) is 11.5 Å². The van der Waals surface area contributed by atoms with Crippen LogP contribution < -0.4 is 9.47 Å². The number of amidine groups is 1. The van der Waals surface area contributed by atoms with Gasteiger partial charge in [0.05, 0.1) is 14.2 Å². The van der Waals surface area contributed by atoms with Crippen molar-refractivity contribution in [2.45, 2.75) is 0 Å². The first-order valence-corrected chi connectivity index (χ1v) is 4.55. The van der Waals surface area contributed by atoms with Crippen LogP contribution in [0, 0.1) is 0 Å². The van der Waals surface area contributed by atoms with Crippen molar-refractivity contribution in [1.29, 1.82) is 0 Å². The summed E-state index contributed by atoms with van der Waals surface area (Å²) in [5, 5.41) is 4.07. The Bertz CT molecular complexity index is 339. The molecular weight excluding hydrogens is 192 g/mol. The van der Waals surface area contributed by atoms with E-state index in [-0.39, 0.29) is 0 Å². The fraction of sp³-hybridized carbons (Fsp3) is 0.364. The van der Waals surface area contributed by atoms with Gasteiger partial charge in [-0.1, -0.05) is 19.9 Å². The predicted molar refractivity (Wildman–Crippen MR) is 61.3 cm³/mol. The molecule has 0 bridgehead atoms. The summed E-state index contributed by atoms with van der Waals surface area (Å²) in [6.07, 6.45) is 0. The van der Waals surface area contributed by atoms with Gasteiger partial charge in [0, 0.05) is 6.07 Å². The topological polar surface area (TPSA) is 44.9 Å². The molecule has 0 saturated heterocycles. The van der Waals surface area contributed by atoms with Gasteiger partial charge >= 0.3 is 0 Å². The van der Waals surface area contributed by atoms with E-state index in [0.717, 1.165) is 17.1 Å². The summed E-state index contributed by atoms with van der Waals surface area (Å²) in [6.45, 7) is 0. The van der Waals surface area contributed by atoms with Crippen LogP contribution in [0.4, 0.5) is 0 Å². The molecule has 4 heteroatoms. The van der Waals surface area contributed by atoms with E-state index in [2.05, 4.69) is 10.3 Å². The number of hydrogen-bond acceptors (Lipinski definition) is 3. The molecule has 0 aromatic heterocycles. The molecule has 1 rings (SSSR count). The molecule has 0 fully saturated rings. The zero-order chi connectivity index (χ0) is 11.3. The van der Waals surface area contributed by atoms with E-state index in [0.29, 0.717) is 5.84 Å². The lowest BCUT2D eigenvalue weighted by atomic mass is 10.2. The van der Waals surface area contributed by atoms with E-state index in [1.54, 1.807) is 28.3 Å². The first-order valence-electron chi connectivity index (χ1n) is 4.55. The van der Waals surface area contributed by atoms with Gasteiger partial charge in [0.1, 0.15) is 11.5 Å². The second kappa shape index (κ2) is 5.24. The summed E-state index contributed by atoms with van der Waals surface area (Å²) in [5.41, 5.74) is 0.885. The Hall–Kier alpha value is -1.71. The molecule has 0 atom stereocenters. The molecule has 82 valence electrons. The Balaban J connectivity index is 3.17. The van der Waals surface area contributed by atoms with E-state index in [4.69, 9.17) is 9.47 Å². The molecule has 0 amide bonds. The van der Waals surface area contributed by atoms with Gasteiger partial charge in [-0.15, -0.1) is 0 Å². The minimum atomic E-state index is 0.673. The lowest BCUT2D eigenvalue weighted by Gasteiger charge is -2.16. The van der Waals surface area contributed by atoms with E-state index < -0.39 is 0 Å². The molecule has 1 aromatic rings. The number of rotatable bonds is 3. The molecule has 0 aliphatic rings. The third kappa shape index (κ3) is 2.62. The van der Waals surface area contributed by atoms with Gasteiger partial charge in [-0.3, -0.25) is 0 Å². The number of aliphatic imine (C=N–C) groups is 1. The van der Waals surface area contributed by atoms with E-state index in [1.807, 2.05) is 18.2 Å². The highest BCUT2D eigenvalue weighted by molar-refractivity contribution is 6.08. The van der Waals surface area contributed by atoms with Crippen LogP contribution in [-0.2, 0) is 0 Å². The van der Waals surface area contributed by atoms with E-state index in [1.165, 1.54) is 0 Å². The molecule has 1 aromatic carbocycles. The molecule has 0 spiro atoms. The molecule has 0 aliphatic carbocycles. The van der Waals surface area contributed by atoms with E-state index in [9.17, 15) is 0 Å². The van der Waals surface area contributed by atoms with Crippen molar-refractivity contribution < 1.29 is 9.47 Å². The lowest BCUT2D eigenvalue weighted by molar-refractivity contribution is 0.394. The first kappa shape index (κ1) is 11.4. The Morgan fingerprint density at radius 2 is 1.67 bits per heavy atom. The number of ether oxygens (including phenoxy) is 2. The normalized spacial score (nSPS) is 11.1. The molecule has 4 nitrogen and oxygen atoms in total. The van der Waals surface area contributed by atoms with Gasteiger partial charge < -0.3 is 19.8 Å². The van der Waals surface area contributed by atoms with Gasteiger partial charge in [-0.2, -0.15) is 0 Å². The average Bonchev–Trinajstić information content (AvgIpc) is 2.30. The Morgan fingerprint density at radius 1 is 1.13 bits per heavy atom. The standard InChI is InChI=1S/C11H15N2O2/c1-12-11(13-2)8-5-9(14-3)7-10(6-8)15-4/h5-7H,1-4H3/q-1. The second-order valence-corrected chi connectivity index (χ2v) is 2.87. The zero-order valence-electron chi connectivity index (χ0n) is 9.44. The highest BCUT2D eigenvalue weighted by atomic mass is 16.5.